The van der Waals surface area contributed by atoms with Gasteiger partial charge in [0, 0.05) is 6.42 Å². The number of amides is 2. The van der Waals surface area contributed by atoms with Gasteiger partial charge in [-0.3, -0.25) is 14.9 Å². The molecule has 0 saturated carbocycles. The van der Waals surface area contributed by atoms with E-state index in [4.69, 9.17) is 0 Å². The van der Waals surface area contributed by atoms with Crippen molar-refractivity contribution in [3.05, 3.63) is 35.9 Å². The zero-order valence-corrected chi connectivity index (χ0v) is 13.0. The van der Waals surface area contributed by atoms with E-state index in [9.17, 15) is 9.59 Å². The van der Waals surface area contributed by atoms with E-state index in [0.29, 0.717) is 6.42 Å². The molecule has 1 N–H and O–H groups in total. The van der Waals surface area contributed by atoms with Crippen molar-refractivity contribution in [2.45, 2.75) is 58.3 Å². The molecule has 1 heterocycles. The lowest BCUT2D eigenvalue weighted by Crippen LogP contribution is -2.49. The van der Waals surface area contributed by atoms with Crippen LogP contribution in [0.3, 0.4) is 0 Å². The van der Waals surface area contributed by atoms with E-state index in [0.717, 1.165) is 18.4 Å². The number of carbonyl (C=O) groups excluding carboxylic acids is 2. The van der Waals surface area contributed by atoms with Gasteiger partial charge in [0.15, 0.2) is 0 Å². The van der Waals surface area contributed by atoms with Crippen molar-refractivity contribution < 1.29 is 9.59 Å². The number of hydrogen-bond donors (Lipinski definition) is 1. The molecule has 114 valence electrons. The molecule has 0 bridgehead atoms. The molecule has 1 aromatic rings. The Labute approximate surface area is 127 Å². The molecule has 1 aliphatic heterocycles. The van der Waals surface area contributed by atoms with E-state index in [1.165, 1.54) is 19.3 Å². The highest BCUT2D eigenvalue weighted by atomic mass is 16.2. The van der Waals surface area contributed by atoms with Crippen LogP contribution in [0.25, 0.3) is 0 Å². The molecule has 2 atom stereocenters. The monoisotopic (exact) mass is 287 g/mol. The number of imide groups is 1. The van der Waals surface area contributed by atoms with Crippen LogP contribution in [0.15, 0.2) is 30.3 Å². The molecule has 1 aromatic carbocycles. The topological polar surface area (TPSA) is 46.2 Å². The molecule has 1 saturated heterocycles. The Bertz CT molecular complexity index is 497. The fourth-order valence-corrected chi connectivity index (χ4v) is 3.43. The van der Waals surface area contributed by atoms with Crippen LogP contribution < -0.4 is 5.32 Å². The van der Waals surface area contributed by atoms with Crippen molar-refractivity contribution in [1.29, 1.82) is 0 Å². The quantitative estimate of drug-likeness (QED) is 0.639. The van der Waals surface area contributed by atoms with Gasteiger partial charge in [-0.1, -0.05) is 69.9 Å². The summed E-state index contributed by atoms with van der Waals surface area (Å²) in [7, 11) is 0. The van der Waals surface area contributed by atoms with E-state index in [-0.39, 0.29) is 23.1 Å². The summed E-state index contributed by atoms with van der Waals surface area (Å²) in [5.74, 6) is -0.501. The van der Waals surface area contributed by atoms with Gasteiger partial charge in [0.2, 0.25) is 11.8 Å². The highest BCUT2D eigenvalue weighted by molar-refractivity contribution is 6.02. The van der Waals surface area contributed by atoms with Gasteiger partial charge < -0.3 is 0 Å². The third kappa shape index (κ3) is 3.72. The maximum atomic E-state index is 12.4. The second-order valence-electron chi connectivity index (χ2n) is 6.40. The Balaban J connectivity index is 2.20. The molecular formula is C18H25NO2. The Morgan fingerprint density at radius 3 is 2.52 bits per heavy atom. The van der Waals surface area contributed by atoms with Crippen LogP contribution in [-0.4, -0.2) is 11.8 Å². The molecular weight excluding hydrogens is 262 g/mol. The van der Waals surface area contributed by atoms with Crippen molar-refractivity contribution in [1.82, 2.24) is 5.32 Å². The summed E-state index contributed by atoms with van der Waals surface area (Å²) in [5, 5.41) is 2.51. The lowest BCUT2D eigenvalue weighted by Gasteiger charge is -2.40. The molecule has 2 rings (SSSR count). The summed E-state index contributed by atoms with van der Waals surface area (Å²) in [5.41, 5.74) is 0.745. The lowest BCUT2D eigenvalue weighted by atomic mass is 9.66. The van der Waals surface area contributed by atoms with Crippen LogP contribution in [0, 0.1) is 5.41 Å². The third-order valence-electron chi connectivity index (χ3n) is 4.52. The normalized spacial score (nSPS) is 25.7. The van der Waals surface area contributed by atoms with Crippen molar-refractivity contribution in [2.75, 3.05) is 0 Å². The average Bonchev–Trinajstić information content (AvgIpc) is 2.44. The molecule has 0 aromatic heterocycles. The van der Waals surface area contributed by atoms with E-state index in [1.54, 1.807) is 0 Å². The molecule has 3 heteroatoms. The fourth-order valence-electron chi connectivity index (χ4n) is 3.43. The van der Waals surface area contributed by atoms with Crippen LogP contribution >= 0.6 is 0 Å². The molecule has 2 unspecified atom stereocenters. The zero-order valence-electron chi connectivity index (χ0n) is 13.0. The van der Waals surface area contributed by atoms with Gasteiger partial charge in [-0.2, -0.15) is 0 Å². The van der Waals surface area contributed by atoms with Gasteiger partial charge in [0.25, 0.3) is 0 Å². The summed E-state index contributed by atoms with van der Waals surface area (Å²) in [6.45, 7) is 4.28. The number of carbonyl (C=O) groups is 2. The minimum absolute atomic E-state index is 0.134. The van der Waals surface area contributed by atoms with Gasteiger partial charge in [-0.05, 0) is 17.4 Å². The molecule has 0 radical (unpaired) electrons. The number of hydrogen-bond acceptors (Lipinski definition) is 2. The molecule has 0 spiro atoms. The van der Waals surface area contributed by atoms with Crippen LogP contribution in [0.5, 0.6) is 0 Å². The highest BCUT2D eigenvalue weighted by Gasteiger charge is 2.45. The first-order valence-electron chi connectivity index (χ1n) is 7.95. The van der Waals surface area contributed by atoms with E-state index in [1.807, 2.05) is 30.3 Å². The fraction of sp³-hybridized carbons (Fsp3) is 0.556. The lowest BCUT2D eigenvalue weighted by molar-refractivity contribution is -0.139. The van der Waals surface area contributed by atoms with Crippen molar-refractivity contribution in [2.24, 2.45) is 5.41 Å². The number of benzene rings is 1. The van der Waals surface area contributed by atoms with Crippen LogP contribution in [0.1, 0.15) is 63.9 Å². The third-order valence-corrected chi connectivity index (χ3v) is 4.52. The predicted octanol–water partition coefficient (Wildman–Crippen LogP) is 3.79. The summed E-state index contributed by atoms with van der Waals surface area (Å²) >= 11 is 0. The van der Waals surface area contributed by atoms with Crippen molar-refractivity contribution in [3.8, 4) is 0 Å². The summed E-state index contributed by atoms with van der Waals surface area (Å²) in [4.78, 5) is 24.2. The Kier molecular flexibility index (Phi) is 5.16. The highest BCUT2D eigenvalue weighted by Crippen LogP contribution is 2.45. The average molecular weight is 287 g/mol. The largest absolute Gasteiger partial charge is 0.296 e. The van der Waals surface area contributed by atoms with Gasteiger partial charge in [0.05, 0.1) is 5.92 Å². The SMILES string of the molecule is CCCCCCC1(C)CC(=O)NC(=O)C1c1ccccc1. The molecule has 0 aliphatic carbocycles. The first-order chi connectivity index (χ1) is 10.1. The van der Waals surface area contributed by atoms with Crippen molar-refractivity contribution >= 4 is 11.8 Å². The standard InChI is InChI=1S/C18H25NO2/c1-3-4-5-9-12-18(2)13-15(20)19-17(21)16(18)14-10-7-6-8-11-14/h6-8,10-11,16H,3-5,9,12-13H2,1-2H3,(H,19,20,21). The summed E-state index contributed by atoms with van der Waals surface area (Å²) in [6, 6.07) is 9.84. The number of rotatable bonds is 6. The first kappa shape index (κ1) is 15.7. The molecule has 2 amide bonds. The summed E-state index contributed by atoms with van der Waals surface area (Å²) in [6.07, 6.45) is 6.01. The predicted molar refractivity (Wildman–Crippen MR) is 83.8 cm³/mol. The maximum absolute atomic E-state index is 12.4. The van der Waals surface area contributed by atoms with Crippen LogP contribution in [-0.2, 0) is 9.59 Å². The second kappa shape index (κ2) is 6.88. The minimum Gasteiger partial charge on any atom is -0.296 e. The Morgan fingerprint density at radius 1 is 1.14 bits per heavy atom. The first-order valence-corrected chi connectivity index (χ1v) is 7.95. The molecule has 3 nitrogen and oxygen atoms in total. The minimum atomic E-state index is -0.269. The Hall–Kier alpha value is -1.64. The number of piperidine rings is 1. The van der Waals surface area contributed by atoms with Crippen LogP contribution in [0.2, 0.25) is 0 Å². The van der Waals surface area contributed by atoms with Gasteiger partial charge >= 0.3 is 0 Å². The van der Waals surface area contributed by atoms with E-state index < -0.39 is 0 Å². The van der Waals surface area contributed by atoms with Gasteiger partial charge in [-0.15, -0.1) is 0 Å². The second-order valence-corrected chi connectivity index (χ2v) is 6.40. The number of nitrogens with one attached hydrogen (secondary N) is 1. The number of unbranched alkanes of at least 4 members (excludes halogenated alkanes) is 3. The summed E-state index contributed by atoms with van der Waals surface area (Å²) < 4.78 is 0. The van der Waals surface area contributed by atoms with E-state index in [2.05, 4.69) is 19.2 Å². The molecule has 1 fully saturated rings. The Morgan fingerprint density at radius 2 is 1.86 bits per heavy atom. The smallest absolute Gasteiger partial charge is 0.234 e. The van der Waals surface area contributed by atoms with Gasteiger partial charge in [-0.25, -0.2) is 0 Å². The zero-order chi connectivity index (χ0) is 15.3. The molecule has 1 aliphatic rings. The molecule has 21 heavy (non-hydrogen) atoms. The van der Waals surface area contributed by atoms with Gasteiger partial charge in [0.1, 0.15) is 0 Å². The van der Waals surface area contributed by atoms with Crippen molar-refractivity contribution in [3.63, 3.8) is 0 Å². The maximum Gasteiger partial charge on any atom is 0.234 e. The van der Waals surface area contributed by atoms with E-state index >= 15 is 0 Å². The van der Waals surface area contributed by atoms with Crippen LogP contribution in [0.4, 0.5) is 0 Å².